The molecule has 4 nitrogen and oxygen atoms in total. The Morgan fingerprint density at radius 3 is 2.50 bits per heavy atom. The summed E-state index contributed by atoms with van der Waals surface area (Å²) < 4.78 is 5.23. The summed E-state index contributed by atoms with van der Waals surface area (Å²) in [6.45, 7) is 8.37. The van der Waals surface area contributed by atoms with Crippen molar-refractivity contribution in [2.24, 2.45) is 5.92 Å². The molecule has 4 heteroatoms. The van der Waals surface area contributed by atoms with E-state index in [9.17, 15) is 0 Å². The van der Waals surface area contributed by atoms with E-state index >= 15 is 0 Å². The van der Waals surface area contributed by atoms with Crippen LogP contribution in [0.1, 0.15) is 26.6 Å². The second-order valence-electron chi connectivity index (χ2n) is 4.87. The number of nitrogens with one attached hydrogen (secondary N) is 1. The van der Waals surface area contributed by atoms with Crippen molar-refractivity contribution in [2.75, 3.05) is 5.32 Å². The number of rotatable bonds is 4. The molecule has 1 aromatic carbocycles. The normalized spacial score (nSPS) is 12.7. The van der Waals surface area contributed by atoms with Crippen LogP contribution in [0.15, 0.2) is 28.8 Å². The van der Waals surface area contributed by atoms with Crippen LogP contribution < -0.4 is 5.32 Å². The van der Waals surface area contributed by atoms with Crippen LogP contribution in [-0.2, 0) is 0 Å². The van der Waals surface area contributed by atoms with Crippen LogP contribution >= 0.6 is 0 Å². The van der Waals surface area contributed by atoms with Crippen LogP contribution in [0.5, 0.6) is 0 Å². The molecule has 2 rings (SSSR count). The molecule has 0 bridgehead atoms. The standard InChI is InChI=1S/C14H19N3O/c1-9(2)10(3)15-13-8-6-5-7-12(13)14-16-11(4)17-18-14/h5-10,15H,1-4H3. The topological polar surface area (TPSA) is 51.0 Å². The van der Waals surface area contributed by atoms with Crippen LogP contribution in [0, 0.1) is 12.8 Å². The molecular weight excluding hydrogens is 226 g/mol. The minimum Gasteiger partial charge on any atom is -0.382 e. The quantitative estimate of drug-likeness (QED) is 0.895. The first-order valence-electron chi connectivity index (χ1n) is 6.24. The van der Waals surface area contributed by atoms with E-state index in [-0.39, 0.29) is 0 Å². The maximum Gasteiger partial charge on any atom is 0.260 e. The Labute approximate surface area is 107 Å². The highest BCUT2D eigenvalue weighted by atomic mass is 16.5. The Balaban J connectivity index is 2.31. The molecule has 0 aliphatic carbocycles. The first kappa shape index (κ1) is 12.6. The predicted molar refractivity (Wildman–Crippen MR) is 72.4 cm³/mol. The molecular formula is C14H19N3O. The number of hydrogen-bond acceptors (Lipinski definition) is 4. The van der Waals surface area contributed by atoms with Crippen molar-refractivity contribution in [3.8, 4) is 11.5 Å². The van der Waals surface area contributed by atoms with E-state index < -0.39 is 0 Å². The summed E-state index contributed by atoms with van der Waals surface area (Å²) in [7, 11) is 0. The summed E-state index contributed by atoms with van der Waals surface area (Å²) in [6, 6.07) is 8.38. The zero-order chi connectivity index (χ0) is 13.1. The van der Waals surface area contributed by atoms with Crippen LogP contribution in [0.25, 0.3) is 11.5 Å². The van der Waals surface area contributed by atoms with Gasteiger partial charge in [-0.05, 0) is 31.9 Å². The second kappa shape index (κ2) is 5.21. The number of benzene rings is 1. The molecule has 2 aromatic rings. The van der Waals surface area contributed by atoms with Crippen molar-refractivity contribution in [1.29, 1.82) is 0 Å². The van der Waals surface area contributed by atoms with Gasteiger partial charge >= 0.3 is 0 Å². The van der Waals surface area contributed by atoms with E-state index in [0.29, 0.717) is 23.7 Å². The SMILES string of the molecule is Cc1noc(-c2ccccc2NC(C)C(C)C)n1. The van der Waals surface area contributed by atoms with E-state index in [1.165, 1.54) is 0 Å². The lowest BCUT2D eigenvalue weighted by Gasteiger charge is -2.20. The van der Waals surface area contributed by atoms with E-state index in [4.69, 9.17) is 4.52 Å². The Bertz CT molecular complexity index is 519. The van der Waals surface area contributed by atoms with Gasteiger partial charge in [-0.25, -0.2) is 0 Å². The summed E-state index contributed by atoms with van der Waals surface area (Å²) in [5.41, 5.74) is 1.98. The van der Waals surface area contributed by atoms with Crippen LogP contribution in [0.3, 0.4) is 0 Å². The predicted octanol–water partition coefficient (Wildman–Crippen LogP) is 3.50. The zero-order valence-electron chi connectivity index (χ0n) is 11.3. The minimum absolute atomic E-state index is 0.384. The van der Waals surface area contributed by atoms with Gasteiger partial charge in [0.25, 0.3) is 5.89 Å². The fourth-order valence-corrected chi connectivity index (χ4v) is 1.61. The number of anilines is 1. The Morgan fingerprint density at radius 1 is 1.17 bits per heavy atom. The fraction of sp³-hybridized carbons (Fsp3) is 0.429. The molecule has 0 saturated heterocycles. The first-order valence-corrected chi connectivity index (χ1v) is 6.24. The molecule has 96 valence electrons. The van der Waals surface area contributed by atoms with Gasteiger partial charge in [-0.2, -0.15) is 4.98 Å². The number of hydrogen-bond donors (Lipinski definition) is 1. The molecule has 0 radical (unpaired) electrons. The van der Waals surface area contributed by atoms with Crippen molar-refractivity contribution < 1.29 is 4.52 Å². The smallest absolute Gasteiger partial charge is 0.260 e. The highest BCUT2D eigenvalue weighted by Crippen LogP contribution is 2.27. The average molecular weight is 245 g/mol. The molecule has 1 aromatic heterocycles. The molecule has 0 amide bonds. The molecule has 1 atom stereocenters. The third-order valence-electron chi connectivity index (χ3n) is 3.07. The van der Waals surface area contributed by atoms with Crippen molar-refractivity contribution in [3.63, 3.8) is 0 Å². The summed E-state index contributed by atoms with van der Waals surface area (Å²) in [5.74, 6) is 1.77. The van der Waals surface area contributed by atoms with Crippen molar-refractivity contribution in [3.05, 3.63) is 30.1 Å². The van der Waals surface area contributed by atoms with Crippen molar-refractivity contribution in [2.45, 2.75) is 33.7 Å². The lowest BCUT2D eigenvalue weighted by molar-refractivity contribution is 0.425. The van der Waals surface area contributed by atoms with Gasteiger partial charge in [-0.15, -0.1) is 0 Å². The maximum atomic E-state index is 5.23. The van der Waals surface area contributed by atoms with Gasteiger partial charge in [-0.1, -0.05) is 31.1 Å². The van der Waals surface area contributed by atoms with Gasteiger partial charge in [0.15, 0.2) is 5.82 Å². The van der Waals surface area contributed by atoms with Crippen LogP contribution in [-0.4, -0.2) is 16.2 Å². The first-order chi connectivity index (χ1) is 8.58. The molecule has 0 spiro atoms. The Morgan fingerprint density at radius 2 is 1.89 bits per heavy atom. The zero-order valence-corrected chi connectivity index (χ0v) is 11.3. The van der Waals surface area contributed by atoms with Gasteiger partial charge in [-0.3, -0.25) is 0 Å². The third-order valence-corrected chi connectivity index (χ3v) is 3.07. The highest BCUT2D eigenvalue weighted by molar-refractivity contribution is 5.72. The fourth-order valence-electron chi connectivity index (χ4n) is 1.61. The summed E-state index contributed by atoms with van der Waals surface area (Å²) >= 11 is 0. The monoisotopic (exact) mass is 245 g/mol. The molecule has 1 heterocycles. The molecule has 1 N–H and O–H groups in total. The van der Waals surface area contributed by atoms with E-state index in [0.717, 1.165) is 11.3 Å². The van der Waals surface area contributed by atoms with Crippen molar-refractivity contribution in [1.82, 2.24) is 10.1 Å². The van der Waals surface area contributed by atoms with Gasteiger partial charge in [0.05, 0.1) is 5.56 Å². The van der Waals surface area contributed by atoms with Crippen molar-refractivity contribution >= 4 is 5.69 Å². The molecule has 0 fully saturated rings. The van der Waals surface area contributed by atoms with Crippen LogP contribution in [0.4, 0.5) is 5.69 Å². The molecule has 0 aliphatic heterocycles. The Hall–Kier alpha value is -1.84. The van der Waals surface area contributed by atoms with Gasteiger partial charge in [0.2, 0.25) is 0 Å². The number of aryl methyl sites for hydroxylation is 1. The molecule has 0 saturated carbocycles. The summed E-state index contributed by atoms with van der Waals surface area (Å²) in [4.78, 5) is 4.28. The molecule has 1 unspecified atom stereocenters. The number of aromatic nitrogens is 2. The number of para-hydroxylation sites is 1. The lowest BCUT2D eigenvalue weighted by atomic mass is 10.1. The van der Waals surface area contributed by atoms with E-state index in [1.807, 2.05) is 31.2 Å². The van der Waals surface area contributed by atoms with E-state index in [2.05, 4.69) is 36.2 Å². The van der Waals surface area contributed by atoms with Gasteiger partial charge < -0.3 is 9.84 Å². The van der Waals surface area contributed by atoms with Gasteiger partial charge in [0, 0.05) is 11.7 Å². The molecule has 18 heavy (non-hydrogen) atoms. The largest absolute Gasteiger partial charge is 0.382 e. The molecule has 0 aliphatic rings. The van der Waals surface area contributed by atoms with E-state index in [1.54, 1.807) is 0 Å². The van der Waals surface area contributed by atoms with Gasteiger partial charge in [0.1, 0.15) is 0 Å². The average Bonchev–Trinajstić information content (AvgIpc) is 2.76. The summed E-state index contributed by atoms with van der Waals surface area (Å²) in [6.07, 6.45) is 0. The second-order valence-corrected chi connectivity index (χ2v) is 4.87. The number of nitrogens with zero attached hydrogens (tertiary/aromatic N) is 2. The maximum absolute atomic E-state index is 5.23. The summed E-state index contributed by atoms with van der Waals surface area (Å²) in [5, 5.41) is 7.32. The lowest BCUT2D eigenvalue weighted by Crippen LogP contribution is -2.21. The minimum atomic E-state index is 0.384. The Kier molecular flexibility index (Phi) is 3.65. The highest BCUT2D eigenvalue weighted by Gasteiger charge is 2.14. The van der Waals surface area contributed by atoms with Crippen LogP contribution in [0.2, 0.25) is 0 Å². The third kappa shape index (κ3) is 2.70.